The molecule has 1 aromatic heterocycles. The third kappa shape index (κ3) is 5.23. The van der Waals surface area contributed by atoms with Crippen LogP contribution < -0.4 is 20.1 Å². The molecule has 0 fully saturated rings. The van der Waals surface area contributed by atoms with Crippen molar-refractivity contribution in [3.05, 3.63) is 46.2 Å². The number of carbonyl (C=O) groups excluding carboxylic acids is 2. The Morgan fingerprint density at radius 1 is 1.19 bits per heavy atom. The van der Waals surface area contributed by atoms with Crippen molar-refractivity contribution in [1.29, 1.82) is 0 Å². The molecular weight excluding hydrogens is 364 g/mol. The fraction of sp³-hybridized carbons (Fsp3) is 0.400. The third-order valence-corrected chi connectivity index (χ3v) is 4.99. The molecule has 0 unspecified atom stereocenters. The summed E-state index contributed by atoms with van der Waals surface area (Å²) in [6, 6.07) is 9.45. The van der Waals surface area contributed by atoms with Crippen LogP contribution in [0.1, 0.15) is 35.5 Å². The van der Waals surface area contributed by atoms with Crippen molar-refractivity contribution in [3.8, 4) is 11.5 Å². The van der Waals surface area contributed by atoms with Crippen molar-refractivity contribution in [3.63, 3.8) is 0 Å². The Morgan fingerprint density at radius 2 is 2.04 bits per heavy atom. The normalized spacial score (nSPS) is 14.1. The Kier molecular flexibility index (Phi) is 6.01. The van der Waals surface area contributed by atoms with E-state index in [1.807, 2.05) is 43.5 Å². The molecule has 1 aliphatic heterocycles. The van der Waals surface area contributed by atoms with Gasteiger partial charge in [-0.2, -0.15) is 0 Å². The first-order valence-electron chi connectivity index (χ1n) is 8.97. The SMILES string of the molecule is CC1(C)Cc2cccc(OCCNC(=O)CCNC(=O)c3cccs3)c2O1. The Morgan fingerprint density at radius 3 is 2.81 bits per heavy atom. The summed E-state index contributed by atoms with van der Waals surface area (Å²) in [7, 11) is 0. The summed E-state index contributed by atoms with van der Waals surface area (Å²) < 4.78 is 11.7. The van der Waals surface area contributed by atoms with Crippen molar-refractivity contribution < 1.29 is 19.1 Å². The number of para-hydroxylation sites is 1. The lowest BCUT2D eigenvalue weighted by atomic mass is 10.0. The number of benzene rings is 1. The van der Waals surface area contributed by atoms with Gasteiger partial charge in [0.05, 0.1) is 11.4 Å². The van der Waals surface area contributed by atoms with E-state index in [1.165, 1.54) is 11.3 Å². The monoisotopic (exact) mass is 388 g/mol. The van der Waals surface area contributed by atoms with Crippen LogP contribution in [0.2, 0.25) is 0 Å². The van der Waals surface area contributed by atoms with E-state index >= 15 is 0 Å². The molecule has 7 heteroatoms. The minimum Gasteiger partial charge on any atom is -0.488 e. The lowest BCUT2D eigenvalue weighted by molar-refractivity contribution is -0.121. The van der Waals surface area contributed by atoms with E-state index in [9.17, 15) is 9.59 Å². The average molecular weight is 388 g/mol. The van der Waals surface area contributed by atoms with E-state index in [0.717, 1.165) is 17.7 Å². The van der Waals surface area contributed by atoms with Gasteiger partial charge < -0.3 is 20.1 Å². The van der Waals surface area contributed by atoms with E-state index in [-0.39, 0.29) is 23.8 Å². The highest BCUT2D eigenvalue weighted by Crippen LogP contribution is 2.41. The second kappa shape index (κ2) is 8.43. The van der Waals surface area contributed by atoms with E-state index < -0.39 is 0 Å². The number of carbonyl (C=O) groups is 2. The summed E-state index contributed by atoms with van der Waals surface area (Å²) in [6.45, 7) is 5.15. The Bertz CT molecular complexity index is 802. The molecule has 0 bridgehead atoms. The number of thiophene rings is 1. The van der Waals surface area contributed by atoms with Crippen molar-refractivity contribution in [2.24, 2.45) is 0 Å². The topological polar surface area (TPSA) is 76.7 Å². The first-order chi connectivity index (χ1) is 12.9. The van der Waals surface area contributed by atoms with Gasteiger partial charge in [0.15, 0.2) is 11.5 Å². The molecule has 3 rings (SSSR count). The Labute approximate surface area is 162 Å². The van der Waals surface area contributed by atoms with Gasteiger partial charge in [-0.25, -0.2) is 0 Å². The zero-order valence-electron chi connectivity index (χ0n) is 15.5. The largest absolute Gasteiger partial charge is 0.488 e. The van der Waals surface area contributed by atoms with Crippen LogP contribution >= 0.6 is 11.3 Å². The lowest BCUT2D eigenvalue weighted by Gasteiger charge is -2.18. The molecule has 2 aromatic rings. The summed E-state index contributed by atoms with van der Waals surface area (Å²) >= 11 is 1.37. The second-order valence-electron chi connectivity index (χ2n) is 6.96. The lowest BCUT2D eigenvalue weighted by Crippen LogP contribution is -2.32. The zero-order chi connectivity index (χ0) is 19.3. The van der Waals surface area contributed by atoms with Crippen LogP contribution in [0.25, 0.3) is 0 Å². The summed E-state index contributed by atoms with van der Waals surface area (Å²) in [5, 5.41) is 7.37. The van der Waals surface area contributed by atoms with Gasteiger partial charge in [-0.1, -0.05) is 18.2 Å². The minimum atomic E-state index is -0.219. The quantitative estimate of drug-likeness (QED) is 0.682. The number of nitrogens with one attached hydrogen (secondary N) is 2. The number of hydrogen-bond donors (Lipinski definition) is 2. The van der Waals surface area contributed by atoms with Crippen LogP contribution in [0.3, 0.4) is 0 Å². The van der Waals surface area contributed by atoms with E-state index in [4.69, 9.17) is 9.47 Å². The van der Waals surface area contributed by atoms with Crippen LogP contribution in [-0.4, -0.2) is 37.1 Å². The van der Waals surface area contributed by atoms with Gasteiger partial charge in [-0.15, -0.1) is 11.3 Å². The Hall–Kier alpha value is -2.54. The Balaban J connectivity index is 1.34. The molecular formula is C20H24N2O4S. The number of ether oxygens (including phenoxy) is 2. The fourth-order valence-electron chi connectivity index (χ4n) is 2.93. The van der Waals surface area contributed by atoms with Crippen LogP contribution in [0.5, 0.6) is 11.5 Å². The standard InChI is InChI=1S/C20H24N2O4S/c1-20(2)13-14-5-3-6-15(18(14)26-20)25-11-10-21-17(23)8-9-22-19(24)16-7-4-12-27-16/h3-7,12H,8-11,13H2,1-2H3,(H,21,23)(H,22,24). The fourth-order valence-corrected chi connectivity index (χ4v) is 3.57. The first-order valence-corrected chi connectivity index (χ1v) is 9.85. The maximum atomic E-state index is 11.9. The molecule has 2 N–H and O–H groups in total. The van der Waals surface area contributed by atoms with E-state index in [0.29, 0.717) is 30.3 Å². The van der Waals surface area contributed by atoms with Crippen LogP contribution in [0, 0.1) is 0 Å². The first kappa shape index (κ1) is 19.2. The molecule has 0 aliphatic carbocycles. The number of hydrogen-bond acceptors (Lipinski definition) is 5. The second-order valence-corrected chi connectivity index (χ2v) is 7.91. The predicted octanol–water partition coefficient (Wildman–Crippen LogP) is 2.78. The summed E-state index contributed by atoms with van der Waals surface area (Å²) in [5.74, 6) is 1.23. The van der Waals surface area contributed by atoms with Gasteiger partial charge in [-0.05, 0) is 31.4 Å². The van der Waals surface area contributed by atoms with Gasteiger partial charge in [0.2, 0.25) is 5.91 Å². The van der Waals surface area contributed by atoms with Gasteiger partial charge >= 0.3 is 0 Å². The third-order valence-electron chi connectivity index (χ3n) is 4.12. The molecule has 0 radical (unpaired) electrons. The minimum absolute atomic E-state index is 0.124. The van der Waals surface area contributed by atoms with Crippen molar-refractivity contribution in [2.45, 2.75) is 32.3 Å². The molecule has 2 heterocycles. The van der Waals surface area contributed by atoms with Crippen LogP contribution in [0.4, 0.5) is 0 Å². The maximum absolute atomic E-state index is 11.9. The molecule has 0 saturated heterocycles. The highest BCUT2D eigenvalue weighted by molar-refractivity contribution is 7.12. The van der Waals surface area contributed by atoms with Crippen molar-refractivity contribution in [1.82, 2.24) is 10.6 Å². The van der Waals surface area contributed by atoms with Crippen molar-refractivity contribution >= 4 is 23.2 Å². The highest BCUT2D eigenvalue weighted by Gasteiger charge is 2.32. The average Bonchev–Trinajstić information content (AvgIpc) is 3.25. The summed E-state index contributed by atoms with van der Waals surface area (Å²) in [4.78, 5) is 24.3. The molecule has 2 amide bonds. The smallest absolute Gasteiger partial charge is 0.261 e. The van der Waals surface area contributed by atoms with Gasteiger partial charge in [0.25, 0.3) is 5.91 Å². The van der Waals surface area contributed by atoms with Gasteiger partial charge in [-0.3, -0.25) is 9.59 Å². The van der Waals surface area contributed by atoms with E-state index in [1.54, 1.807) is 6.07 Å². The van der Waals surface area contributed by atoms with Gasteiger partial charge in [0, 0.05) is 24.9 Å². The number of amides is 2. The molecule has 0 spiro atoms. The highest BCUT2D eigenvalue weighted by atomic mass is 32.1. The molecule has 144 valence electrons. The molecule has 1 aromatic carbocycles. The van der Waals surface area contributed by atoms with Gasteiger partial charge in [0.1, 0.15) is 12.2 Å². The summed E-state index contributed by atoms with van der Waals surface area (Å²) in [6.07, 6.45) is 1.09. The number of fused-ring (bicyclic) bond motifs is 1. The number of rotatable bonds is 8. The zero-order valence-corrected chi connectivity index (χ0v) is 16.4. The van der Waals surface area contributed by atoms with Crippen LogP contribution in [-0.2, 0) is 11.2 Å². The summed E-state index contributed by atoms with van der Waals surface area (Å²) in [5.41, 5.74) is 0.923. The van der Waals surface area contributed by atoms with Crippen LogP contribution in [0.15, 0.2) is 35.7 Å². The molecule has 0 atom stereocenters. The molecule has 6 nitrogen and oxygen atoms in total. The maximum Gasteiger partial charge on any atom is 0.261 e. The molecule has 0 saturated carbocycles. The van der Waals surface area contributed by atoms with E-state index in [2.05, 4.69) is 10.6 Å². The van der Waals surface area contributed by atoms with Crippen molar-refractivity contribution in [2.75, 3.05) is 19.7 Å². The molecule has 1 aliphatic rings. The predicted molar refractivity (Wildman–Crippen MR) is 105 cm³/mol. The molecule has 27 heavy (non-hydrogen) atoms.